The molecule has 0 spiro atoms. The molecule has 2 N–H and O–H groups in total. The van der Waals surface area contributed by atoms with Crippen LogP contribution in [0.15, 0.2) is 10.4 Å². The molecule has 0 aromatic carbocycles. The molecule has 0 atom stereocenters. The second kappa shape index (κ2) is 11.1. The van der Waals surface area contributed by atoms with Crippen LogP contribution in [0.1, 0.15) is 44.2 Å². The van der Waals surface area contributed by atoms with Crippen molar-refractivity contribution in [2.45, 2.75) is 45.1 Å². The van der Waals surface area contributed by atoms with E-state index in [1.165, 1.54) is 38.5 Å². The zero-order valence-electron chi connectivity index (χ0n) is 14.5. The first-order valence-corrected chi connectivity index (χ1v) is 9.13. The standard InChI is InChI=1S/C16H29N5S.HI/c1-17-15(18-10-6-9-13-7-4-5-8-13)19-11-14-12-22-16(20-14)21(2)3;/h12-13H,4-11H2,1-3H3,(H2,17,18,19);1H. The van der Waals surface area contributed by atoms with Gasteiger partial charge in [-0.3, -0.25) is 4.99 Å². The summed E-state index contributed by atoms with van der Waals surface area (Å²) >= 11 is 1.67. The van der Waals surface area contributed by atoms with Crippen molar-refractivity contribution in [3.05, 3.63) is 11.1 Å². The topological polar surface area (TPSA) is 52.6 Å². The molecule has 0 amide bonds. The predicted molar refractivity (Wildman–Crippen MR) is 111 cm³/mol. The fourth-order valence-electron chi connectivity index (χ4n) is 2.87. The van der Waals surface area contributed by atoms with Crippen LogP contribution in [0, 0.1) is 5.92 Å². The molecule has 1 aromatic rings. The highest BCUT2D eigenvalue weighted by Crippen LogP contribution is 2.28. The molecular weight excluding hydrogens is 421 g/mol. The van der Waals surface area contributed by atoms with Crippen LogP contribution in [0.3, 0.4) is 0 Å². The highest BCUT2D eigenvalue weighted by molar-refractivity contribution is 14.0. The number of rotatable bonds is 7. The second-order valence-electron chi connectivity index (χ2n) is 6.16. The van der Waals surface area contributed by atoms with Gasteiger partial charge in [-0.2, -0.15) is 0 Å². The maximum atomic E-state index is 4.56. The third kappa shape index (κ3) is 7.24. The monoisotopic (exact) mass is 451 g/mol. The molecule has 1 fully saturated rings. The van der Waals surface area contributed by atoms with Gasteiger partial charge in [0.15, 0.2) is 11.1 Å². The Hall–Kier alpha value is -0.570. The number of aliphatic imine (C=N–C) groups is 1. The fraction of sp³-hybridized carbons (Fsp3) is 0.750. The third-order valence-corrected chi connectivity index (χ3v) is 5.20. The second-order valence-corrected chi connectivity index (χ2v) is 7.00. The van der Waals surface area contributed by atoms with Crippen molar-refractivity contribution in [3.63, 3.8) is 0 Å². The van der Waals surface area contributed by atoms with Crippen molar-refractivity contribution < 1.29 is 0 Å². The number of halogens is 1. The van der Waals surface area contributed by atoms with Gasteiger partial charge in [0, 0.05) is 33.1 Å². The summed E-state index contributed by atoms with van der Waals surface area (Å²) in [5.74, 6) is 1.84. The molecule has 0 unspecified atom stereocenters. The van der Waals surface area contributed by atoms with Gasteiger partial charge in [0.25, 0.3) is 0 Å². The Bertz CT molecular complexity index is 469. The molecule has 1 aliphatic rings. The lowest BCUT2D eigenvalue weighted by molar-refractivity contribution is 0.481. The summed E-state index contributed by atoms with van der Waals surface area (Å²) in [4.78, 5) is 10.9. The highest BCUT2D eigenvalue weighted by Gasteiger charge is 2.14. The number of aromatic nitrogens is 1. The molecule has 0 bridgehead atoms. The van der Waals surface area contributed by atoms with Crippen LogP contribution in [0.25, 0.3) is 0 Å². The first kappa shape index (κ1) is 20.5. The maximum Gasteiger partial charge on any atom is 0.191 e. The SMILES string of the molecule is CN=C(NCCCC1CCCC1)NCc1csc(N(C)C)n1.I. The van der Waals surface area contributed by atoms with E-state index in [2.05, 4.69) is 26.0 Å². The Morgan fingerprint density at radius 1 is 1.35 bits per heavy atom. The van der Waals surface area contributed by atoms with Gasteiger partial charge >= 0.3 is 0 Å². The summed E-state index contributed by atoms with van der Waals surface area (Å²) in [6.45, 7) is 1.71. The lowest BCUT2D eigenvalue weighted by Gasteiger charge is -2.12. The Kier molecular flexibility index (Phi) is 9.85. The number of nitrogens with one attached hydrogen (secondary N) is 2. The van der Waals surface area contributed by atoms with Gasteiger partial charge in [-0.15, -0.1) is 35.3 Å². The van der Waals surface area contributed by atoms with Gasteiger partial charge < -0.3 is 15.5 Å². The molecule has 1 aliphatic carbocycles. The summed E-state index contributed by atoms with van der Waals surface area (Å²) in [5, 5.41) is 9.86. The summed E-state index contributed by atoms with van der Waals surface area (Å²) in [6.07, 6.45) is 8.32. The van der Waals surface area contributed by atoms with E-state index in [9.17, 15) is 0 Å². The Labute approximate surface area is 161 Å². The first-order chi connectivity index (χ1) is 10.7. The van der Waals surface area contributed by atoms with Gasteiger partial charge in [-0.1, -0.05) is 25.7 Å². The first-order valence-electron chi connectivity index (χ1n) is 8.25. The Morgan fingerprint density at radius 2 is 2.09 bits per heavy atom. The van der Waals surface area contributed by atoms with Gasteiger partial charge in [0.2, 0.25) is 0 Å². The van der Waals surface area contributed by atoms with E-state index in [0.29, 0.717) is 6.54 Å². The van der Waals surface area contributed by atoms with Crippen molar-refractivity contribution in [1.82, 2.24) is 15.6 Å². The minimum Gasteiger partial charge on any atom is -0.356 e. The summed E-state index contributed by atoms with van der Waals surface area (Å²) in [7, 11) is 5.85. The van der Waals surface area contributed by atoms with Gasteiger partial charge in [-0.25, -0.2) is 4.98 Å². The quantitative estimate of drug-likeness (QED) is 0.289. The van der Waals surface area contributed by atoms with E-state index < -0.39 is 0 Å². The van der Waals surface area contributed by atoms with E-state index in [4.69, 9.17) is 0 Å². The summed E-state index contributed by atoms with van der Waals surface area (Å²) in [6, 6.07) is 0. The van der Waals surface area contributed by atoms with Crippen molar-refractivity contribution in [2.24, 2.45) is 10.9 Å². The molecule has 0 aliphatic heterocycles. The van der Waals surface area contributed by atoms with E-state index in [0.717, 1.165) is 29.2 Å². The van der Waals surface area contributed by atoms with Crippen LogP contribution in [-0.2, 0) is 6.54 Å². The van der Waals surface area contributed by atoms with E-state index in [-0.39, 0.29) is 24.0 Å². The van der Waals surface area contributed by atoms with Crippen LogP contribution < -0.4 is 15.5 Å². The molecule has 23 heavy (non-hydrogen) atoms. The number of hydrogen-bond donors (Lipinski definition) is 2. The van der Waals surface area contributed by atoms with Crippen LogP contribution in [0.4, 0.5) is 5.13 Å². The van der Waals surface area contributed by atoms with E-state index in [1.807, 2.05) is 26.0 Å². The number of thiazole rings is 1. The summed E-state index contributed by atoms with van der Waals surface area (Å²) < 4.78 is 0. The number of hydrogen-bond acceptors (Lipinski definition) is 4. The number of guanidine groups is 1. The van der Waals surface area contributed by atoms with Crippen LogP contribution in [-0.4, -0.2) is 38.6 Å². The van der Waals surface area contributed by atoms with Crippen molar-refractivity contribution >= 4 is 46.4 Å². The molecule has 0 radical (unpaired) electrons. The molecule has 7 heteroatoms. The average Bonchev–Trinajstić information content (AvgIpc) is 3.18. The van der Waals surface area contributed by atoms with Gasteiger partial charge in [-0.05, 0) is 18.8 Å². The average molecular weight is 451 g/mol. The highest BCUT2D eigenvalue weighted by atomic mass is 127. The smallest absolute Gasteiger partial charge is 0.191 e. The lowest BCUT2D eigenvalue weighted by atomic mass is 10.0. The minimum atomic E-state index is 0. The maximum absolute atomic E-state index is 4.56. The molecule has 132 valence electrons. The molecule has 0 saturated heterocycles. The van der Waals surface area contributed by atoms with Crippen molar-refractivity contribution in [3.8, 4) is 0 Å². The van der Waals surface area contributed by atoms with Gasteiger partial charge in [0.05, 0.1) is 12.2 Å². The van der Waals surface area contributed by atoms with E-state index in [1.54, 1.807) is 11.3 Å². The zero-order valence-corrected chi connectivity index (χ0v) is 17.6. The lowest BCUT2D eigenvalue weighted by Crippen LogP contribution is -2.37. The van der Waals surface area contributed by atoms with Crippen molar-refractivity contribution in [1.29, 1.82) is 0 Å². The molecule has 5 nitrogen and oxygen atoms in total. The summed E-state index contributed by atoms with van der Waals surface area (Å²) in [5.41, 5.74) is 1.06. The largest absolute Gasteiger partial charge is 0.356 e. The van der Waals surface area contributed by atoms with Crippen molar-refractivity contribution in [2.75, 3.05) is 32.6 Å². The minimum absolute atomic E-state index is 0. The van der Waals surface area contributed by atoms with Gasteiger partial charge in [0.1, 0.15) is 0 Å². The predicted octanol–water partition coefficient (Wildman–Crippen LogP) is 3.46. The number of anilines is 1. The molecule has 1 heterocycles. The molecule has 2 rings (SSSR count). The van der Waals surface area contributed by atoms with Crippen LogP contribution in [0.2, 0.25) is 0 Å². The van der Waals surface area contributed by atoms with Crippen LogP contribution in [0.5, 0.6) is 0 Å². The Balaban J connectivity index is 0.00000264. The zero-order chi connectivity index (χ0) is 15.8. The number of nitrogens with zero attached hydrogens (tertiary/aromatic N) is 3. The third-order valence-electron chi connectivity index (χ3n) is 4.14. The molecular formula is C16H30IN5S. The normalized spacial score (nSPS) is 15.3. The molecule has 1 saturated carbocycles. The van der Waals surface area contributed by atoms with Crippen LogP contribution >= 0.6 is 35.3 Å². The fourth-order valence-corrected chi connectivity index (χ4v) is 3.63. The molecule has 1 aromatic heterocycles. The van der Waals surface area contributed by atoms with E-state index >= 15 is 0 Å². The Morgan fingerprint density at radius 3 is 2.70 bits per heavy atom.